The van der Waals surface area contributed by atoms with Crippen molar-refractivity contribution in [2.45, 2.75) is 122 Å². The summed E-state index contributed by atoms with van der Waals surface area (Å²) in [5.74, 6) is -3.25. The van der Waals surface area contributed by atoms with Gasteiger partial charge in [-0.1, -0.05) is 57.5 Å². The second kappa shape index (κ2) is 16.1. The smallest absolute Gasteiger partial charge is 0.323 e. The van der Waals surface area contributed by atoms with Crippen LogP contribution in [0, 0.1) is 17.8 Å². The number of primary amides is 1. The van der Waals surface area contributed by atoms with E-state index in [1.807, 2.05) is 51.1 Å². The van der Waals surface area contributed by atoms with E-state index < -0.39 is 64.7 Å². The van der Waals surface area contributed by atoms with Gasteiger partial charge in [-0.2, -0.15) is 0 Å². The quantitative estimate of drug-likeness (QED) is 0.122. The number of hydrogen-bond acceptors (Lipinski definition) is 8. The van der Waals surface area contributed by atoms with Crippen molar-refractivity contribution in [3.8, 4) is 0 Å². The molecule has 0 aromatic heterocycles. The van der Waals surface area contributed by atoms with Crippen LogP contribution in [0.15, 0.2) is 30.3 Å². The molecule has 2 rings (SSSR count). The fourth-order valence-electron chi connectivity index (χ4n) is 5.32. The number of ether oxygens (including phenoxy) is 1. The van der Waals surface area contributed by atoms with Crippen LogP contribution in [0.25, 0.3) is 0 Å². The summed E-state index contributed by atoms with van der Waals surface area (Å²) in [6, 6.07) is 6.91. The molecule has 0 spiro atoms. The summed E-state index contributed by atoms with van der Waals surface area (Å²) >= 11 is 0. The fourth-order valence-corrected chi connectivity index (χ4v) is 5.32. The van der Waals surface area contributed by atoms with Gasteiger partial charge in [-0.3, -0.25) is 24.0 Å². The lowest BCUT2D eigenvalue weighted by Crippen LogP contribution is -2.64. The highest BCUT2D eigenvalue weighted by Crippen LogP contribution is 2.44. The standard InChI is InChI=1S/C33H53N5O6/c1-7-12-25(29(41)37-26(28(35)40)17-20(2)3)38-31(43)33(36,16-11-15-24(34)30(42)44-32(4,5)6)27(39)23-19-22(23)18-21-13-9-8-10-14-21/h8-10,13-14,20,22-26H,7,11-12,15-19,34,36H2,1-6H3,(H2,35,40)(H,37,41)(H,38,43)/t22?,23?,24?,25-,26-,33+/m0/s1. The molecule has 1 fully saturated rings. The maximum Gasteiger partial charge on any atom is 0.323 e. The minimum Gasteiger partial charge on any atom is -0.459 e. The summed E-state index contributed by atoms with van der Waals surface area (Å²) in [4.78, 5) is 65.3. The van der Waals surface area contributed by atoms with Crippen molar-refractivity contribution in [2.24, 2.45) is 35.0 Å². The van der Waals surface area contributed by atoms with E-state index in [-0.39, 0.29) is 37.5 Å². The van der Waals surface area contributed by atoms with Gasteiger partial charge in [0.1, 0.15) is 23.7 Å². The van der Waals surface area contributed by atoms with E-state index in [1.165, 1.54) is 0 Å². The SMILES string of the molecule is CCC[C@H](NC(=O)[C@@](N)(CCCC(N)C(=O)OC(C)(C)C)C(=O)C1CC1Cc1ccccc1)C(=O)N[C@@H](CC(C)C)C(N)=O. The maximum absolute atomic E-state index is 13.9. The zero-order valence-corrected chi connectivity index (χ0v) is 27.2. The normalized spacial score (nSPS) is 19.7. The van der Waals surface area contributed by atoms with Crippen LogP contribution in [-0.2, 0) is 35.1 Å². The van der Waals surface area contributed by atoms with Crippen molar-refractivity contribution in [3.05, 3.63) is 35.9 Å². The van der Waals surface area contributed by atoms with Crippen molar-refractivity contribution in [1.29, 1.82) is 0 Å². The van der Waals surface area contributed by atoms with Gasteiger partial charge >= 0.3 is 5.97 Å². The Morgan fingerprint density at radius 1 is 1.00 bits per heavy atom. The molecule has 6 atom stereocenters. The van der Waals surface area contributed by atoms with Crippen molar-refractivity contribution >= 4 is 29.5 Å². The highest BCUT2D eigenvalue weighted by molar-refractivity contribution is 6.13. The van der Waals surface area contributed by atoms with E-state index in [1.54, 1.807) is 20.8 Å². The lowest BCUT2D eigenvalue weighted by molar-refractivity contribution is -0.156. The number of ketones is 1. The van der Waals surface area contributed by atoms with Gasteiger partial charge in [0.15, 0.2) is 11.3 Å². The highest BCUT2D eigenvalue weighted by Gasteiger charge is 2.53. The summed E-state index contributed by atoms with van der Waals surface area (Å²) in [7, 11) is 0. The van der Waals surface area contributed by atoms with Gasteiger partial charge in [-0.05, 0) is 83.1 Å². The molecule has 0 heterocycles. The van der Waals surface area contributed by atoms with Crippen LogP contribution in [0.5, 0.6) is 0 Å². The first kappa shape index (κ1) is 36.9. The monoisotopic (exact) mass is 615 g/mol. The molecule has 11 heteroatoms. The summed E-state index contributed by atoms with van der Waals surface area (Å²) in [5, 5.41) is 5.36. The van der Waals surface area contributed by atoms with Crippen LogP contribution in [-0.4, -0.2) is 58.7 Å². The summed E-state index contributed by atoms with van der Waals surface area (Å²) < 4.78 is 5.36. The van der Waals surface area contributed by atoms with Gasteiger partial charge in [0.25, 0.3) is 0 Å². The molecule has 1 aromatic carbocycles. The van der Waals surface area contributed by atoms with Crippen LogP contribution in [0.4, 0.5) is 0 Å². The van der Waals surface area contributed by atoms with Crippen molar-refractivity contribution < 1.29 is 28.7 Å². The van der Waals surface area contributed by atoms with Gasteiger partial charge in [-0.15, -0.1) is 0 Å². The van der Waals surface area contributed by atoms with E-state index in [0.717, 1.165) is 5.56 Å². The number of benzene rings is 1. The second-order valence-corrected chi connectivity index (χ2v) is 13.6. The van der Waals surface area contributed by atoms with Crippen LogP contribution < -0.4 is 27.8 Å². The molecule has 0 radical (unpaired) electrons. The van der Waals surface area contributed by atoms with Gasteiger partial charge in [0.2, 0.25) is 17.7 Å². The third-order valence-corrected chi connectivity index (χ3v) is 7.81. The third-order valence-electron chi connectivity index (χ3n) is 7.81. The zero-order chi connectivity index (χ0) is 33.2. The summed E-state index contributed by atoms with van der Waals surface area (Å²) in [5.41, 5.74) is 16.7. The highest BCUT2D eigenvalue weighted by atomic mass is 16.6. The van der Waals surface area contributed by atoms with Gasteiger partial charge in [-0.25, -0.2) is 0 Å². The first-order valence-corrected chi connectivity index (χ1v) is 15.7. The molecule has 11 nitrogen and oxygen atoms in total. The lowest BCUT2D eigenvalue weighted by Gasteiger charge is -2.30. The number of hydrogen-bond donors (Lipinski definition) is 5. The number of amides is 3. The summed E-state index contributed by atoms with van der Waals surface area (Å²) in [6.45, 7) is 10.9. The van der Waals surface area contributed by atoms with E-state index in [2.05, 4.69) is 10.6 Å². The topological polar surface area (TPSA) is 197 Å². The largest absolute Gasteiger partial charge is 0.459 e. The molecule has 1 aliphatic rings. The van der Waals surface area contributed by atoms with Gasteiger partial charge in [0.05, 0.1) is 0 Å². The van der Waals surface area contributed by atoms with E-state index in [9.17, 15) is 24.0 Å². The Morgan fingerprint density at radius 2 is 1.64 bits per heavy atom. The van der Waals surface area contributed by atoms with Crippen molar-refractivity contribution in [2.75, 3.05) is 0 Å². The van der Waals surface area contributed by atoms with Gasteiger partial charge < -0.3 is 32.6 Å². The molecule has 3 amide bonds. The number of esters is 1. The number of nitrogens with two attached hydrogens (primary N) is 3. The van der Waals surface area contributed by atoms with Gasteiger partial charge in [0, 0.05) is 5.92 Å². The number of rotatable bonds is 18. The molecule has 246 valence electrons. The van der Waals surface area contributed by atoms with Crippen LogP contribution >= 0.6 is 0 Å². The minimum absolute atomic E-state index is 0.0479. The maximum atomic E-state index is 13.9. The molecule has 8 N–H and O–H groups in total. The van der Waals surface area contributed by atoms with Crippen LogP contribution in [0.1, 0.15) is 92.1 Å². The molecule has 1 aromatic rings. The Labute approximate surface area is 261 Å². The minimum atomic E-state index is -1.95. The predicted octanol–water partition coefficient (Wildman–Crippen LogP) is 2.27. The molecular weight excluding hydrogens is 562 g/mol. The number of Topliss-reactive ketones (excluding diaryl/α,β-unsaturated/α-hetero) is 1. The van der Waals surface area contributed by atoms with E-state index in [4.69, 9.17) is 21.9 Å². The average Bonchev–Trinajstić information content (AvgIpc) is 3.69. The third kappa shape index (κ3) is 11.3. The predicted molar refractivity (Wildman–Crippen MR) is 169 cm³/mol. The van der Waals surface area contributed by atoms with E-state index >= 15 is 0 Å². The molecule has 0 saturated heterocycles. The second-order valence-electron chi connectivity index (χ2n) is 13.6. The molecule has 1 saturated carbocycles. The Bertz CT molecular complexity index is 1150. The van der Waals surface area contributed by atoms with Crippen molar-refractivity contribution in [1.82, 2.24) is 10.6 Å². The number of carbonyl (C=O) groups is 5. The van der Waals surface area contributed by atoms with Crippen LogP contribution in [0.3, 0.4) is 0 Å². The average molecular weight is 616 g/mol. The van der Waals surface area contributed by atoms with Crippen molar-refractivity contribution in [3.63, 3.8) is 0 Å². The molecule has 3 unspecified atom stereocenters. The Morgan fingerprint density at radius 3 is 2.18 bits per heavy atom. The zero-order valence-electron chi connectivity index (χ0n) is 27.2. The molecule has 1 aliphatic carbocycles. The first-order valence-electron chi connectivity index (χ1n) is 15.7. The Balaban J connectivity index is 2.22. The Hall–Kier alpha value is -3.31. The van der Waals surface area contributed by atoms with E-state index in [0.29, 0.717) is 25.7 Å². The Kier molecular flexibility index (Phi) is 13.5. The molecule has 0 aliphatic heterocycles. The molecule has 0 bridgehead atoms. The number of carbonyl (C=O) groups excluding carboxylic acids is 5. The fraction of sp³-hybridized carbons (Fsp3) is 0.667. The molecular formula is C33H53N5O6. The van der Waals surface area contributed by atoms with Crippen LogP contribution in [0.2, 0.25) is 0 Å². The summed E-state index contributed by atoms with van der Waals surface area (Å²) in [6.07, 6.45) is 2.72. The molecule has 44 heavy (non-hydrogen) atoms. The number of nitrogens with one attached hydrogen (secondary N) is 2. The first-order chi connectivity index (χ1) is 20.5. The lowest BCUT2D eigenvalue weighted by atomic mass is 9.83.